The molecule has 2 nitrogen and oxygen atoms in total. The summed E-state index contributed by atoms with van der Waals surface area (Å²) >= 11 is 6.29. The first-order valence-corrected chi connectivity index (χ1v) is 6.35. The van der Waals surface area contributed by atoms with E-state index in [1.807, 2.05) is 18.2 Å². The number of methoxy groups -OCH3 is 2. The maximum atomic E-state index is 6.29. The van der Waals surface area contributed by atoms with E-state index in [4.69, 9.17) is 21.1 Å². The highest BCUT2D eigenvalue weighted by Gasteiger charge is 2.13. The fraction of sp³-hybridized carbons (Fsp3) is 0.125. The van der Waals surface area contributed by atoms with Gasteiger partial charge in [-0.2, -0.15) is 0 Å². The highest BCUT2D eigenvalue weighted by atomic mass is 35.5. The number of ether oxygens (including phenoxy) is 2. The molecule has 0 spiro atoms. The molecule has 96 valence electrons. The van der Waals surface area contributed by atoms with Crippen molar-refractivity contribution < 1.29 is 9.47 Å². The van der Waals surface area contributed by atoms with Gasteiger partial charge in [0.25, 0.3) is 0 Å². The Kier molecular flexibility index (Phi) is 2.96. The first-order chi connectivity index (χ1) is 9.24. The molecule has 0 saturated carbocycles. The van der Waals surface area contributed by atoms with Crippen LogP contribution in [0.4, 0.5) is 0 Å². The van der Waals surface area contributed by atoms with Gasteiger partial charge in [-0.15, -0.1) is 0 Å². The van der Waals surface area contributed by atoms with Gasteiger partial charge >= 0.3 is 0 Å². The SMILES string of the molecule is COc1cc2cc3ccccc3cc2c(OC)c1Cl. The number of halogens is 1. The highest BCUT2D eigenvalue weighted by molar-refractivity contribution is 6.35. The monoisotopic (exact) mass is 272 g/mol. The molecule has 0 aliphatic heterocycles. The molecule has 19 heavy (non-hydrogen) atoms. The fourth-order valence-electron chi connectivity index (χ4n) is 2.36. The van der Waals surface area contributed by atoms with Crippen LogP contribution in [0.1, 0.15) is 0 Å². The van der Waals surface area contributed by atoms with Gasteiger partial charge in [0, 0.05) is 5.39 Å². The van der Waals surface area contributed by atoms with E-state index in [0.717, 1.165) is 16.2 Å². The Balaban J connectivity index is 2.46. The minimum atomic E-state index is 0.507. The Labute approximate surface area is 116 Å². The number of fused-ring (bicyclic) bond motifs is 2. The molecule has 3 heteroatoms. The van der Waals surface area contributed by atoms with Gasteiger partial charge in [-0.1, -0.05) is 35.9 Å². The zero-order chi connectivity index (χ0) is 13.4. The summed E-state index contributed by atoms with van der Waals surface area (Å²) in [6.45, 7) is 0. The number of hydrogen-bond donors (Lipinski definition) is 0. The molecular weight excluding hydrogens is 260 g/mol. The first-order valence-electron chi connectivity index (χ1n) is 5.97. The van der Waals surface area contributed by atoms with Crippen LogP contribution in [0.25, 0.3) is 21.5 Å². The minimum absolute atomic E-state index is 0.507. The van der Waals surface area contributed by atoms with E-state index >= 15 is 0 Å². The van der Waals surface area contributed by atoms with Gasteiger partial charge in [0.15, 0.2) is 0 Å². The third kappa shape index (κ3) is 1.89. The lowest BCUT2D eigenvalue weighted by Gasteiger charge is -2.12. The van der Waals surface area contributed by atoms with Gasteiger partial charge in [0.05, 0.1) is 14.2 Å². The van der Waals surface area contributed by atoms with Crippen LogP contribution < -0.4 is 9.47 Å². The maximum absolute atomic E-state index is 6.29. The molecule has 3 rings (SSSR count). The average molecular weight is 273 g/mol. The normalized spacial score (nSPS) is 10.9. The van der Waals surface area contributed by atoms with Crippen LogP contribution in [0.3, 0.4) is 0 Å². The Morgan fingerprint density at radius 1 is 0.842 bits per heavy atom. The van der Waals surface area contributed by atoms with Crippen molar-refractivity contribution in [1.82, 2.24) is 0 Å². The number of hydrogen-bond acceptors (Lipinski definition) is 2. The second-order valence-electron chi connectivity index (χ2n) is 4.35. The second-order valence-corrected chi connectivity index (χ2v) is 4.72. The molecule has 0 unspecified atom stereocenters. The molecule has 3 aromatic carbocycles. The zero-order valence-corrected chi connectivity index (χ0v) is 11.5. The molecule has 0 aliphatic rings. The van der Waals surface area contributed by atoms with E-state index in [1.54, 1.807) is 14.2 Å². The van der Waals surface area contributed by atoms with E-state index < -0.39 is 0 Å². The van der Waals surface area contributed by atoms with Crippen LogP contribution in [-0.2, 0) is 0 Å². The van der Waals surface area contributed by atoms with Crippen molar-refractivity contribution in [3.63, 3.8) is 0 Å². The molecular formula is C16H13ClO2. The largest absolute Gasteiger partial charge is 0.495 e. The summed E-state index contributed by atoms with van der Waals surface area (Å²) in [7, 11) is 3.23. The molecule has 0 amide bonds. The highest BCUT2D eigenvalue weighted by Crippen LogP contribution is 2.41. The van der Waals surface area contributed by atoms with E-state index in [1.165, 1.54) is 5.39 Å². The Morgan fingerprint density at radius 3 is 2.16 bits per heavy atom. The van der Waals surface area contributed by atoms with Gasteiger partial charge in [0.1, 0.15) is 16.5 Å². The van der Waals surface area contributed by atoms with Crippen molar-refractivity contribution in [2.24, 2.45) is 0 Å². The van der Waals surface area contributed by atoms with Gasteiger partial charge < -0.3 is 9.47 Å². The van der Waals surface area contributed by atoms with E-state index in [2.05, 4.69) is 24.3 Å². The minimum Gasteiger partial charge on any atom is -0.495 e. The number of benzene rings is 3. The number of rotatable bonds is 2. The van der Waals surface area contributed by atoms with Gasteiger partial charge in [-0.05, 0) is 34.4 Å². The summed E-state index contributed by atoms with van der Waals surface area (Å²) in [6.07, 6.45) is 0. The van der Waals surface area contributed by atoms with Crippen LogP contribution in [0, 0.1) is 0 Å². The van der Waals surface area contributed by atoms with Crippen LogP contribution >= 0.6 is 11.6 Å². The van der Waals surface area contributed by atoms with Crippen molar-refractivity contribution in [2.75, 3.05) is 14.2 Å². The summed E-state index contributed by atoms with van der Waals surface area (Å²) in [5.74, 6) is 1.28. The topological polar surface area (TPSA) is 18.5 Å². The van der Waals surface area contributed by atoms with Crippen LogP contribution in [0.15, 0.2) is 42.5 Å². The molecule has 3 aromatic rings. The predicted octanol–water partition coefficient (Wildman–Crippen LogP) is 4.66. The van der Waals surface area contributed by atoms with Crippen LogP contribution in [-0.4, -0.2) is 14.2 Å². The summed E-state index contributed by atoms with van der Waals surface area (Å²) in [6, 6.07) is 14.4. The molecule has 0 heterocycles. The fourth-order valence-corrected chi connectivity index (χ4v) is 2.67. The van der Waals surface area contributed by atoms with Gasteiger partial charge in [-0.3, -0.25) is 0 Å². The molecule has 0 fully saturated rings. The summed E-state index contributed by atoms with van der Waals surface area (Å²) in [5, 5.41) is 4.90. The molecule has 0 atom stereocenters. The first kappa shape index (κ1) is 12.1. The lowest BCUT2D eigenvalue weighted by molar-refractivity contribution is 0.398. The summed E-state index contributed by atoms with van der Waals surface area (Å²) < 4.78 is 10.7. The smallest absolute Gasteiger partial charge is 0.149 e. The maximum Gasteiger partial charge on any atom is 0.149 e. The molecule has 0 radical (unpaired) electrons. The third-order valence-electron chi connectivity index (χ3n) is 3.29. The Bertz CT molecular complexity index is 765. The zero-order valence-electron chi connectivity index (χ0n) is 10.7. The van der Waals surface area contributed by atoms with Gasteiger partial charge in [-0.25, -0.2) is 0 Å². The molecule has 0 saturated heterocycles. The molecule has 0 bridgehead atoms. The van der Waals surface area contributed by atoms with Crippen molar-refractivity contribution in [2.45, 2.75) is 0 Å². The van der Waals surface area contributed by atoms with Crippen molar-refractivity contribution in [1.29, 1.82) is 0 Å². The van der Waals surface area contributed by atoms with Gasteiger partial charge in [0.2, 0.25) is 0 Å². The lowest BCUT2D eigenvalue weighted by atomic mass is 10.0. The van der Waals surface area contributed by atoms with E-state index in [0.29, 0.717) is 16.5 Å². The van der Waals surface area contributed by atoms with Crippen LogP contribution in [0.2, 0.25) is 5.02 Å². The van der Waals surface area contributed by atoms with Crippen molar-refractivity contribution in [3.05, 3.63) is 47.5 Å². The summed E-state index contributed by atoms with van der Waals surface area (Å²) in [4.78, 5) is 0. The third-order valence-corrected chi connectivity index (χ3v) is 3.65. The lowest BCUT2D eigenvalue weighted by Crippen LogP contribution is -1.91. The van der Waals surface area contributed by atoms with E-state index in [-0.39, 0.29) is 0 Å². The molecule has 0 aromatic heterocycles. The second kappa shape index (κ2) is 4.63. The standard InChI is InChI=1S/C16H13ClO2/c1-18-14-9-12-7-10-5-3-4-6-11(10)8-13(12)16(19-2)15(14)17/h3-9H,1-2H3. The van der Waals surface area contributed by atoms with E-state index in [9.17, 15) is 0 Å². The van der Waals surface area contributed by atoms with Crippen molar-refractivity contribution >= 4 is 33.1 Å². The van der Waals surface area contributed by atoms with Crippen molar-refractivity contribution in [3.8, 4) is 11.5 Å². The average Bonchev–Trinajstić information content (AvgIpc) is 2.45. The quantitative estimate of drug-likeness (QED) is 0.632. The summed E-state index contributed by atoms with van der Waals surface area (Å²) in [5.41, 5.74) is 0. The van der Waals surface area contributed by atoms with Crippen LogP contribution in [0.5, 0.6) is 11.5 Å². The predicted molar refractivity (Wildman–Crippen MR) is 79.6 cm³/mol. The Hall–Kier alpha value is -1.93. The molecule has 0 N–H and O–H groups in total. The Morgan fingerprint density at radius 2 is 1.53 bits per heavy atom. The molecule has 0 aliphatic carbocycles.